The number of nitrogens with one attached hydrogen (secondary N) is 1. The van der Waals surface area contributed by atoms with Gasteiger partial charge in [-0.2, -0.15) is 0 Å². The summed E-state index contributed by atoms with van der Waals surface area (Å²) in [6, 6.07) is 7.53. The summed E-state index contributed by atoms with van der Waals surface area (Å²) in [5.74, 6) is 0.231. The molecule has 1 atom stereocenters. The van der Waals surface area contributed by atoms with E-state index in [4.69, 9.17) is 0 Å². The highest BCUT2D eigenvalue weighted by Crippen LogP contribution is 2.24. The minimum absolute atomic E-state index is 0.0401. The predicted octanol–water partition coefficient (Wildman–Crippen LogP) is 1.62. The molecule has 1 aliphatic rings. The molecule has 3 rings (SSSR count). The number of imidazole rings is 1. The van der Waals surface area contributed by atoms with Crippen molar-refractivity contribution in [2.24, 2.45) is 0 Å². The molecule has 6 nitrogen and oxygen atoms in total. The molecular weight excluding hydrogens is 346 g/mol. The van der Waals surface area contributed by atoms with E-state index in [1.54, 1.807) is 6.08 Å². The van der Waals surface area contributed by atoms with Gasteiger partial charge in [0.2, 0.25) is 5.91 Å². The van der Waals surface area contributed by atoms with E-state index in [0.717, 1.165) is 16.2 Å². The van der Waals surface area contributed by atoms with Crippen LogP contribution in [-0.4, -0.2) is 47.2 Å². The molecule has 1 saturated heterocycles. The van der Waals surface area contributed by atoms with Crippen LogP contribution < -0.4 is 5.32 Å². The van der Waals surface area contributed by atoms with Gasteiger partial charge in [-0.05, 0) is 18.6 Å². The van der Waals surface area contributed by atoms with Crippen molar-refractivity contribution >= 4 is 38.5 Å². The van der Waals surface area contributed by atoms with E-state index in [1.165, 1.54) is 11.8 Å². The maximum atomic E-state index is 12.1. The predicted molar refractivity (Wildman–Crippen MR) is 95.9 cm³/mol. The number of allylic oxidation sites excluding steroid dienone is 1. The lowest BCUT2D eigenvalue weighted by molar-refractivity contribution is -0.119. The van der Waals surface area contributed by atoms with E-state index in [-0.39, 0.29) is 29.2 Å². The number of carbonyl (C=O) groups is 1. The second-order valence-electron chi connectivity index (χ2n) is 5.74. The lowest BCUT2D eigenvalue weighted by Crippen LogP contribution is -2.36. The lowest BCUT2D eigenvalue weighted by atomic mass is 10.3. The molecule has 0 spiro atoms. The number of sulfone groups is 1. The summed E-state index contributed by atoms with van der Waals surface area (Å²) in [5, 5.41) is 3.55. The molecule has 1 N–H and O–H groups in total. The normalized spacial score (nSPS) is 19.4. The van der Waals surface area contributed by atoms with Gasteiger partial charge in [-0.3, -0.25) is 4.79 Å². The van der Waals surface area contributed by atoms with Crippen LogP contribution in [0.3, 0.4) is 0 Å². The van der Waals surface area contributed by atoms with Crippen LogP contribution in [0.25, 0.3) is 11.0 Å². The number of rotatable bonds is 6. The molecule has 0 bridgehead atoms. The van der Waals surface area contributed by atoms with Crippen LogP contribution in [0.1, 0.15) is 6.42 Å². The van der Waals surface area contributed by atoms with Crippen molar-refractivity contribution in [3.8, 4) is 0 Å². The second-order valence-corrected chi connectivity index (χ2v) is 8.91. The summed E-state index contributed by atoms with van der Waals surface area (Å²) >= 11 is 1.35. The maximum Gasteiger partial charge on any atom is 0.230 e. The lowest BCUT2D eigenvalue weighted by Gasteiger charge is -2.10. The molecule has 24 heavy (non-hydrogen) atoms. The van der Waals surface area contributed by atoms with E-state index in [0.29, 0.717) is 13.0 Å². The summed E-state index contributed by atoms with van der Waals surface area (Å²) in [6.45, 7) is 4.38. The Kier molecular flexibility index (Phi) is 4.96. The molecule has 1 fully saturated rings. The van der Waals surface area contributed by atoms with Crippen LogP contribution >= 0.6 is 11.8 Å². The third-order valence-electron chi connectivity index (χ3n) is 3.86. The number of carbonyl (C=O) groups excluding carboxylic acids is 1. The minimum Gasteiger partial charge on any atom is -0.352 e. The Morgan fingerprint density at radius 1 is 1.46 bits per heavy atom. The van der Waals surface area contributed by atoms with Gasteiger partial charge in [0.15, 0.2) is 15.0 Å². The first-order chi connectivity index (χ1) is 11.5. The number of hydrogen-bond donors (Lipinski definition) is 1. The van der Waals surface area contributed by atoms with E-state index < -0.39 is 9.84 Å². The van der Waals surface area contributed by atoms with Crippen LogP contribution in [0.2, 0.25) is 0 Å². The highest BCUT2D eigenvalue weighted by Gasteiger charge is 2.28. The third kappa shape index (κ3) is 3.81. The molecule has 2 aromatic rings. The zero-order chi connectivity index (χ0) is 17.2. The number of nitrogens with zero attached hydrogens (tertiary/aromatic N) is 2. The van der Waals surface area contributed by atoms with Gasteiger partial charge in [0.05, 0.1) is 28.3 Å². The van der Waals surface area contributed by atoms with Gasteiger partial charge in [-0.15, -0.1) is 6.58 Å². The Bertz CT molecular complexity index is 874. The van der Waals surface area contributed by atoms with Crippen molar-refractivity contribution in [1.29, 1.82) is 0 Å². The summed E-state index contributed by atoms with van der Waals surface area (Å²) in [6.07, 6.45) is 2.29. The van der Waals surface area contributed by atoms with Crippen molar-refractivity contribution in [3.63, 3.8) is 0 Å². The number of benzene rings is 1. The molecule has 1 aliphatic heterocycles. The van der Waals surface area contributed by atoms with Gasteiger partial charge in [0.1, 0.15) is 0 Å². The van der Waals surface area contributed by atoms with Crippen molar-refractivity contribution in [1.82, 2.24) is 14.9 Å². The summed E-state index contributed by atoms with van der Waals surface area (Å²) < 4.78 is 24.9. The summed E-state index contributed by atoms with van der Waals surface area (Å²) in [5.41, 5.74) is 1.88. The van der Waals surface area contributed by atoms with Crippen molar-refractivity contribution < 1.29 is 13.2 Å². The van der Waals surface area contributed by atoms with Gasteiger partial charge in [-0.1, -0.05) is 30.0 Å². The van der Waals surface area contributed by atoms with Crippen molar-refractivity contribution in [3.05, 3.63) is 36.9 Å². The van der Waals surface area contributed by atoms with Crippen LogP contribution in [-0.2, 0) is 21.2 Å². The first-order valence-electron chi connectivity index (χ1n) is 7.67. The smallest absolute Gasteiger partial charge is 0.230 e. The fourth-order valence-electron chi connectivity index (χ4n) is 2.78. The quantitative estimate of drug-likeness (QED) is 0.621. The summed E-state index contributed by atoms with van der Waals surface area (Å²) in [7, 11) is -2.99. The Balaban J connectivity index is 1.66. The average molecular weight is 365 g/mol. The third-order valence-corrected chi connectivity index (χ3v) is 6.61. The van der Waals surface area contributed by atoms with Crippen LogP contribution in [0, 0.1) is 0 Å². The van der Waals surface area contributed by atoms with Crippen molar-refractivity contribution in [2.75, 3.05) is 17.3 Å². The Hall–Kier alpha value is -1.80. The zero-order valence-corrected chi connectivity index (χ0v) is 14.8. The van der Waals surface area contributed by atoms with Crippen LogP contribution in [0.15, 0.2) is 42.1 Å². The highest BCUT2D eigenvalue weighted by atomic mass is 32.2. The van der Waals surface area contributed by atoms with E-state index >= 15 is 0 Å². The highest BCUT2D eigenvalue weighted by molar-refractivity contribution is 7.99. The summed E-state index contributed by atoms with van der Waals surface area (Å²) in [4.78, 5) is 16.6. The topological polar surface area (TPSA) is 81.1 Å². The molecule has 1 aromatic carbocycles. The molecule has 1 aromatic heterocycles. The average Bonchev–Trinajstić information content (AvgIpc) is 3.06. The molecule has 2 heterocycles. The molecule has 8 heteroatoms. The fraction of sp³-hybridized carbons (Fsp3) is 0.375. The molecule has 0 unspecified atom stereocenters. The Morgan fingerprint density at radius 3 is 2.96 bits per heavy atom. The number of para-hydroxylation sites is 2. The Morgan fingerprint density at radius 2 is 2.25 bits per heavy atom. The van der Waals surface area contributed by atoms with Gasteiger partial charge < -0.3 is 9.88 Å². The molecular formula is C16H19N3O3S2. The SMILES string of the molecule is C=CCn1c(SCC(=O)N[C@@H]2CCS(=O)(=O)C2)nc2ccccc21. The van der Waals surface area contributed by atoms with Crippen molar-refractivity contribution in [2.45, 2.75) is 24.2 Å². The molecule has 1 amide bonds. The molecule has 0 radical (unpaired) electrons. The maximum absolute atomic E-state index is 12.1. The zero-order valence-electron chi connectivity index (χ0n) is 13.1. The largest absolute Gasteiger partial charge is 0.352 e. The number of fused-ring (bicyclic) bond motifs is 1. The number of amides is 1. The first kappa shape index (κ1) is 17.0. The van der Waals surface area contributed by atoms with Crippen LogP contribution in [0.4, 0.5) is 0 Å². The van der Waals surface area contributed by atoms with E-state index in [9.17, 15) is 13.2 Å². The standard InChI is InChI=1S/C16H19N3O3S2/c1-2-8-19-14-6-4-3-5-13(14)18-16(19)23-10-15(20)17-12-7-9-24(21,22)11-12/h2-6,12H,1,7-11H2,(H,17,20)/t12-/m1/s1. The van der Waals surface area contributed by atoms with E-state index in [1.807, 2.05) is 28.8 Å². The van der Waals surface area contributed by atoms with Gasteiger partial charge in [0, 0.05) is 12.6 Å². The first-order valence-corrected chi connectivity index (χ1v) is 10.5. The monoisotopic (exact) mass is 365 g/mol. The second kappa shape index (κ2) is 6.98. The number of aromatic nitrogens is 2. The molecule has 0 aliphatic carbocycles. The minimum atomic E-state index is -2.99. The van der Waals surface area contributed by atoms with Crippen LogP contribution in [0.5, 0.6) is 0 Å². The number of hydrogen-bond acceptors (Lipinski definition) is 5. The molecule has 0 saturated carbocycles. The van der Waals surface area contributed by atoms with Gasteiger partial charge in [-0.25, -0.2) is 13.4 Å². The van der Waals surface area contributed by atoms with Gasteiger partial charge in [0.25, 0.3) is 0 Å². The van der Waals surface area contributed by atoms with E-state index in [2.05, 4.69) is 16.9 Å². The molecule has 128 valence electrons. The fourth-order valence-corrected chi connectivity index (χ4v) is 5.29. The van der Waals surface area contributed by atoms with Gasteiger partial charge >= 0.3 is 0 Å². The number of thioether (sulfide) groups is 1. The Labute approximate surface area is 145 Å².